The highest BCUT2D eigenvalue weighted by Crippen LogP contribution is 2.35. The van der Waals surface area contributed by atoms with Gasteiger partial charge in [0.15, 0.2) is 0 Å². The molecule has 2 aromatic heterocycles. The molecule has 2 amide bonds. The normalized spacial score (nSPS) is 12.3. The number of nitrogens with zero attached hydrogens (tertiary/aromatic N) is 2. The summed E-state index contributed by atoms with van der Waals surface area (Å²) in [5.74, 6) is -0.210. The summed E-state index contributed by atoms with van der Waals surface area (Å²) < 4.78 is 14.5. The fourth-order valence-electron chi connectivity index (χ4n) is 3.44. The maximum absolute atomic E-state index is 14.5. The minimum absolute atomic E-state index is 0.182. The van der Waals surface area contributed by atoms with Gasteiger partial charge in [0.1, 0.15) is 11.6 Å². The van der Waals surface area contributed by atoms with Gasteiger partial charge in [-0.05, 0) is 42.7 Å². The number of hydrogen-bond acceptors (Lipinski definition) is 5. The zero-order valence-electron chi connectivity index (χ0n) is 16.4. The van der Waals surface area contributed by atoms with Crippen LogP contribution in [0.25, 0.3) is 11.3 Å². The van der Waals surface area contributed by atoms with Crippen LogP contribution < -0.4 is 16.0 Å². The summed E-state index contributed by atoms with van der Waals surface area (Å²) in [6.45, 7) is 0.854. The predicted octanol–water partition coefficient (Wildman–Crippen LogP) is 3.60. The highest BCUT2D eigenvalue weighted by Gasteiger charge is 2.26. The van der Waals surface area contributed by atoms with E-state index in [2.05, 4.69) is 25.9 Å². The molecule has 4 rings (SSSR count). The number of aromatic nitrogens is 2. The maximum Gasteiger partial charge on any atom is 0.255 e. The average molecular weight is 440 g/mol. The number of nitrogens with one attached hydrogen (secondary N) is 3. The number of halogens is 2. The van der Waals surface area contributed by atoms with E-state index in [4.69, 9.17) is 11.6 Å². The Kier molecular flexibility index (Phi) is 6.08. The molecule has 9 heteroatoms. The number of fused-ring (bicyclic) bond motifs is 1. The van der Waals surface area contributed by atoms with Crippen molar-refractivity contribution in [2.24, 2.45) is 0 Å². The van der Waals surface area contributed by atoms with Crippen molar-refractivity contribution < 1.29 is 14.0 Å². The fourth-order valence-corrected chi connectivity index (χ4v) is 3.70. The molecule has 3 aromatic rings. The number of pyridine rings is 2. The highest BCUT2D eigenvalue weighted by molar-refractivity contribution is 6.33. The summed E-state index contributed by atoms with van der Waals surface area (Å²) in [6, 6.07) is 9.77. The van der Waals surface area contributed by atoms with Gasteiger partial charge >= 0.3 is 0 Å². The van der Waals surface area contributed by atoms with E-state index in [0.717, 1.165) is 18.4 Å². The van der Waals surface area contributed by atoms with Crippen molar-refractivity contribution in [3.63, 3.8) is 0 Å². The summed E-state index contributed by atoms with van der Waals surface area (Å²) in [5.41, 5.74) is 2.94. The van der Waals surface area contributed by atoms with Crippen LogP contribution in [0.3, 0.4) is 0 Å². The molecule has 1 aliphatic heterocycles. The first kappa shape index (κ1) is 20.7. The Morgan fingerprint density at radius 2 is 2.10 bits per heavy atom. The fraction of sp³-hybridized carbons (Fsp3) is 0.182. The lowest BCUT2D eigenvalue weighted by molar-refractivity contribution is -0.109. The lowest BCUT2D eigenvalue weighted by Crippen LogP contribution is -2.13. The van der Waals surface area contributed by atoms with E-state index < -0.39 is 5.82 Å². The molecule has 0 saturated heterocycles. The summed E-state index contributed by atoms with van der Waals surface area (Å²) in [5, 5.41) is 8.76. The monoisotopic (exact) mass is 439 g/mol. The molecule has 31 heavy (non-hydrogen) atoms. The Bertz CT molecular complexity index is 1120. The number of rotatable bonds is 8. The minimum Gasteiger partial charge on any atom is -0.359 e. The second-order valence-electron chi connectivity index (χ2n) is 7.01. The Hall–Kier alpha value is -3.52. The Morgan fingerprint density at radius 3 is 2.84 bits per heavy atom. The number of carbonyl (C=O) groups excluding carboxylic acids is 2. The first-order valence-electron chi connectivity index (χ1n) is 9.72. The first-order chi connectivity index (χ1) is 15.1. The van der Waals surface area contributed by atoms with Crippen LogP contribution in [0.15, 0.2) is 42.6 Å². The van der Waals surface area contributed by atoms with Crippen molar-refractivity contribution in [1.29, 1.82) is 0 Å². The molecule has 0 saturated carbocycles. The molecule has 0 fully saturated rings. The Morgan fingerprint density at radius 1 is 1.23 bits per heavy atom. The van der Waals surface area contributed by atoms with Crippen LogP contribution in [0.1, 0.15) is 28.0 Å². The van der Waals surface area contributed by atoms with E-state index in [1.54, 1.807) is 24.4 Å². The molecule has 1 aromatic carbocycles. The van der Waals surface area contributed by atoms with Gasteiger partial charge in [-0.1, -0.05) is 23.7 Å². The van der Waals surface area contributed by atoms with Crippen molar-refractivity contribution in [2.45, 2.75) is 19.4 Å². The zero-order chi connectivity index (χ0) is 21.8. The van der Waals surface area contributed by atoms with Crippen LogP contribution in [0.2, 0.25) is 5.02 Å². The van der Waals surface area contributed by atoms with Crippen LogP contribution >= 0.6 is 11.6 Å². The number of benzene rings is 1. The van der Waals surface area contributed by atoms with Crippen LogP contribution in [0.4, 0.5) is 15.9 Å². The van der Waals surface area contributed by atoms with Crippen molar-refractivity contribution in [1.82, 2.24) is 20.6 Å². The van der Waals surface area contributed by atoms with E-state index in [1.807, 2.05) is 6.07 Å². The lowest BCUT2D eigenvalue weighted by atomic mass is 10.1. The molecule has 0 spiro atoms. The average Bonchev–Trinajstić information content (AvgIpc) is 3.13. The second kappa shape index (κ2) is 9.09. The van der Waals surface area contributed by atoms with E-state index in [0.29, 0.717) is 41.4 Å². The summed E-state index contributed by atoms with van der Waals surface area (Å²) in [6.07, 6.45) is 3.99. The van der Waals surface area contributed by atoms with E-state index in [-0.39, 0.29) is 23.0 Å². The van der Waals surface area contributed by atoms with Crippen molar-refractivity contribution in [2.75, 3.05) is 11.9 Å². The van der Waals surface area contributed by atoms with Gasteiger partial charge in [0, 0.05) is 12.7 Å². The third kappa shape index (κ3) is 4.49. The van der Waals surface area contributed by atoms with Gasteiger partial charge < -0.3 is 16.0 Å². The molecule has 0 atom stereocenters. The molecular formula is C22H19ClFN5O2. The molecule has 7 nitrogen and oxygen atoms in total. The zero-order valence-corrected chi connectivity index (χ0v) is 17.2. The second-order valence-corrected chi connectivity index (χ2v) is 7.42. The number of amides is 2. The predicted molar refractivity (Wildman–Crippen MR) is 116 cm³/mol. The first-order valence-corrected chi connectivity index (χ1v) is 10.1. The van der Waals surface area contributed by atoms with Crippen LogP contribution in [-0.4, -0.2) is 28.8 Å². The molecule has 0 aliphatic carbocycles. The quantitative estimate of drug-likeness (QED) is 0.368. The molecule has 0 bridgehead atoms. The van der Waals surface area contributed by atoms with E-state index in [1.165, 1.54) is 12.1 Å². The lowest BCUT2D eigenvalue weighted by Gasteiger charge is -2.13. The van der Waals surface area contributed by atoms with Crippen molar-refractivity contribution in [3.8, 4) is 11.3 Å². The standard InChI is InChI=1S/C22H19ClFN5O2/c23-14-4-1-5-15(24)20(14)16-9-17(21-18(28-16)11-27-22(21)31)29-19-7-6-13(10-26-19)3-2-8-25-12-30/h1,4-7,9-10,12H,2-3,8,11H2,(H,25,30)(H,27,31)(H,26,28,29). The summed E-state index contributed by atoms with van der Waals surface area (Å²) >= 11 is 6.22. The van der Waals surface area contributed by atoms with Gasteiger partial charge in [-0.3, -0.25) is 9.59 Å². The van der Waals surface area contributed by atoms with Crippen molar-refractivity contribution >= 4 is 35.4 Å². The SMILES string of the molecule is O=CNCCCc1ccc(Nc2cc(-c3c(F)cccc3Cl)nc3c2C(=O)NC3)nc1. The molecule has 3 heterocycles. The van der Waals surface area contributed by atoms with Crippen LogP contribution in [-0.2, 0) is 17.8 Å². The molecule has 0 unspecified atom stereocenters. The third-order valence-electron chi connectivity index (χ3n) is 4.91. The van der Waals surface area contributed by atoms with Gasteiger partial charge in [0.2, 0.25) is 6.41 Å². The maximum atomic E-state index is 14.5. The minimum atomic E-state index is -0.491. The summed E-state index contributed by atoms with van der Waals surface area (Å²) in [7, 11) is 0. The molecule has 158 valence electrons. The Balaban J connectivity index is 1.63. The smallest absolute Gasteiger partial charge is 0.255 e. The van der Waals surface area contributed by atoms with Gasteiger partial charge in [-0.2, -0.15) is 0 Å². The number of aryl methyl sites for hydroxylation is 1. The molecule has 1 aliphatic rings. The van der Waals surface area contributed by atoms with E-state index in [9.17, 15) is 14.0 Å². The largest absolute Gasteiger partial charge is 0.359 e. The van der Waals surface area contributed by atoms with Crippen molar-refractivity contribution in [3.05, 3.63) is 70.3 Å². The number of anilines is 2. The van der Waals surface area contributed by atoms with Crippen LogP contribution in [0.5, 0.6) is 0 Å². The molecule has 3 N–H and O–H groups in total. The number of hydrogen-bond donors (Lipinski definition) is 3. The third-order valence-corrected chi connectivity index (χ3v) is 5.23. The topological polar surface area (TPSA) is 96.0 Å². The highest BCUT2D eigenvalue weighted by atomic mass is 35.5. The van der Waals surface area contributed by atoms with Gasteiger partial charge in [0.25, 0.3) is 5.91 Å². The number of carbonyl (C=O) groups is 2. The summed E-state index contributed by atoms with van der Waals surface area (Å²) in [4.78, 5) is 31.5. The van der Waals surface area contributed by atoms with Gasteiger partial charge in [-0.15, -0.1) is 0 Å². The molecule has 0 radical (unpaired) electrons. The Labute approximate surface area is 183 Å². The van der Waals surface area contributed by atoms with Gasteiger partial charge in [-0.25, -0.2) is 14.4 Å². The van der Waals surface area contributed by atoms with E-state index >= 15 is 0 Å². The van der Waals surface area contributed by atoms with Crippen LogP contribution in [0, 0.1) is 5.82 Å². The van der Waals surface area contributed by atoms with Gasteiger partial charge in [0.05, 0.1) is 39.8 Å². The molecular weight excluding hydrogens is 421 g/mol.